The number of aromatic carboxylic acids is 1. The molecule has 3 aliphatic heterocycles. The minimum atomic E-state index is -3.68. The van der Waals surface area contributed by atoms with Crippen LogP contribution in [-0.4, -0.2) is 113 Å². The van der Waals surface area contributed by atoms with Gasteiger partial charge in [0.15, 0.2) is 17.2 Å². The third-order valence-corrected chi connectivity index (χ3v) is 15.3. The second-order valence-corrected chi connectivity index (χ2v) is 19.5. The van der Waals surface area contributed by atoms with Gasteiger partial charge in [0.1, 0.15) is 5.02 Å². The van der Waals surface area contributed by atoms with Gasteiger partial charge < -0.3 is 25.6 Å². The summed E-state index contributed by atoms with van der Waals surface area (Å²) >= 11 is 7.37. The van der Waals surface area contributed by atoms with Crippen LogP contribution in [0.1, 0.15) is 71.4 Å². The number of piperidine rings is 3. The number of ether oxygens (including phenoxy) is 1. The molecule has 1 atom stereocenters. The Bertz CT molecular complexity index is 2720. The molecule has 3 amide bonds. The predicted octanol–water partition coefficient (Wildman–Crippen LogP) is 5.78. The van der Waals surface area contributed by atoms with Crippen molar-refractivity contribution < 1.29 is 47.3 Å². The van der Waals surface area contributed by atoms with E-state index < -0.39 is 34.5 Å². The highest BCUT2D eigenvalue weighted by atomic mass is 35.5. The molecule has 3 saturated heterocycles. The Morgan fingerprint density at radius 2 is 1.64 bits per heavy atom. The first-order valence-electron chi connectivity index (χ1n) is 20.9. The van der Waals surface area contributed by atoms with Crippen molar-refractivity contribution in [1.82, 2.24) is 24.3 Å². The quantitative estimate of drug-likeness (QED) is 0.0786. The summed E-state index contributed by atoms with van der Waals surface area (Å²) in [5.74, 6) is -4.27. The highest BCUT2D eigenvalue weighted by Gasteiger charge is 2.34. The topological polar surface area (TPSA) is 230 Å². The molecule has 0 spiro atoms. The largest absolute Gasteiger partial charge is 0.479 e. The van der Waals surface area contributed by atoms with Crippen LogP contribution in [0.5, 0.6) is 5.75 Å². The van der Waals surface area contributed by atoms with Crippen LogP contribution in [0.25, 0.3) is 21.3 Å². The minimum Gasteiger partial charge on any atom is -0.479 e. The highest BCUT2D eigenvalue weighted by Crippen LogP contribution is 2.46. The standard InChI is InChI=1S/C44H46ClN7O10S2/c45-38-40(62-24-37(55)56)42(44(58)59)63-41(38)27-6-4-8-30(22-27)46-28-13-19-51(20-14-28)64(60,61)25-26-5-3-7-29(21-26)47-36(54)23-50-17-15-31(16-18-50)52-34-10-2-1-9-32(34)39(49-52)33-11-12-35(53)48-43(33)57/h1-10,21-22,28,31,33,46H,11-20,23-25H2,(H,47,54)(H,55,56)(H,58,59)(H,48,53,57). The number of carbonyl (C=O) groups is 5. The van der Waals surface area contributed by atoms with E-state index in [2.05, 4.69) is 20.9 Å². The Hall–Kier alpha value is -5.86. The normalized spacial score (nSPS) is 18.2. The Labute approximate surface area is 377 Å². The number of fused-ring (bicyclic) bond motifs is 1. The van der Waals surface area contributed by atoms with Crippen LogP contribution in [-0.2, 0) is 35.0 Å². The number of likely N-dealkylation sites (tertiary alicyclic amines) is 1. The van der Waals surface area contributed by atoms with Crippen LogP contribution in [0.3, 0.4) is 0 Å². The molecule has 0 bridgehead atoms. The molecule has 2 aromatic heterocycles. The number of sulfonamides is 1. The fraction of sp³-hybridized carbons (Fsp3) is 0.364. The molecule has 0 aliphatic carbocycles. The van der Waals surface area contributed by atoms with Gasteiger partial charge in [-0.3, -0.25) is 29.3 Å². The lowest BCUT2D eigenvalue weighted by atomic mass is 9.93. The molecule has 5 aromatic rings. The Kier molecular flexibility index (Phi) is 13.3. The zero-order valence-corrected chi connectivity index (χ0v) is 36.9. The zero-order chi connectivity index (χ0) is 45.1. The summed E-state index contributed by atoms with van der Waals surface area (Å²) in [5.41, 5.74) is 4.01. The van der Waals surface area contributed by atoms with Gasteiger partial charge in [0.2, 0.25) is 27.7 Å². The molecule has 5 heterocycles. The van der Waals surface area contributed by atoms with E-state index in [-0.39, 0.29) is 64.2 Å². The van der Waals surface area contributed by atoms with Crippen molar-refractivity contribution in [2.24, 2.45) is 0 Å². The van der Waals surface area contributed by atoms with Crippen LogP contribution in [0.15, 0.2) is 72.8 Å². The number of hydrogen-bond donors (Lipinski definition) is 5. The van der Waals surface area contributed by atoms with E-state index >= 15 is 0 Å². The lowest BCUT2D eigenvalue weighted by Gasteiger charge is -2.32. The number of hydrogen-bond acceptors (Lipinski definition) is 12. The number of benzene rings is 3. The van der Waals surface area contributed by atoms with Gasteiger partial charge in [-0.15, -0.1) is 11.3 Å². The molecule has 336 valence electrons. The van der Waals surface area contributed by atoms with Gasteiger partial charge in [0, 0.05) is 55.4 Å². The van der Waals surface area contributed by atoms with Crippen molar-refractivity contribution in [2.75, 3.05) is 50.0 Å². The van der Waals surface area contributed by atoms with Gasteiger partial charge in [-0.05, 0) is 73.6 Å². The summed E-state index contributed by atoms with van der Waals surface area (Å²) < 4.78 is 35.9. The minimum absolute atomic E-state index is 0.00542. The Morgan fingerprint density at radius 3 is 2.38 bits per heavy atom. The van der Waals surface area contributed by atoms with Crippen LogP contribution in [0.2, 0.25) is 5.02 Å². The van der Waals surface area contributed by atoms with Crippen molar-refractivity contribution in [3.8, 4) is 16.2 Å². The van der Waals surface area contributed by atoms with Gasteiger partial charge in [-0.1, -0.05) is 54.1 Å². The van der Waals surface area contributed by atoms with Crippen LogP contribution in [0.4, 0.5) is 11.4 Å². The molecule has 0 saturated carbocycles. The number of carbonyl (C=O) groups excluding carboxylic acids is 3. The maximum Gasteiger partial charge on any atom is 0.349 e. The number of carboxylic acid groups (broad SMARTS) is 2. The molecule has 1 unspecified atom stereocenters. The van der Waals surface area contributed by atoms with Crippen LogP contribution < -0.4 is 20.7 Å². The first kappa shape index (κ1) is 44.7. The van der Waals surface area contributed by atoms with Crippen molar-refractivity contribution in [3.63, 3.8) is 0 Å². The number of carboxylic acids is 2. The number of thiophene rings is 1. The molecule has 8 rings (SSSR count). The molecule has 64 heavy (non-hydrogen) atoms. The number of aliphatic carboxylic acids is 1. The fourth-order valence-electron chi connectivity index (χ4n) is 8.62. The van der Waals surface area contributed by atoms with Crippen molar-refractivity contribution in [2.45, 2.75) is 62.3 Å². The monoisotopic (exact) mass is 931 g/mol. The van der Waals surface area contributed by atoms with E-state index in [9.17, 15) is 37.5 Å². The molecular weight excluding hydrogens is 886 g/mol. The molecular formula is C44H46ClN7O10S2. The number of aromatic nitrogens is 2. The van der Waals surface area contributed by atoms with E-state index in [0.29, 0.717) is 72.8 Å². The molecule has 3 aromatic carbocycles. The second-order valence-electron chi connectivity index (χ2n) is 16.2. The molecule has 17 nitrogen and oxygen atoms in total. The number of rotatable bonds is 15. The Balaban J connectivity index is 0.816. The summed E-state index contributed by atoms with van der Waals surface area (Å²) in [6.45, 7) is 1.34. The molecule has 3 fully saturated rings. The maximum absolute atomic E-state index is 13.6. The Morgan fingerprint density at radius 1 is 0.906 bits per heavy atom. The summed E-state index contributed by atoms with van der Waals surface area (Å²) in [6.07, 6.45) is 3.27. The fourth-order valence-corrected chi connectivity index (χ4v) is 11.6. The summed E-state index contributed by atoms with van der Waals surface area (Å²) in [4.78, 5) is 62.9. The van der Waals surface area contributed by atoms with Gasteiger partial charge >= 0.3 is 11.9 Å². The third-order valence-electron chi connectivity index (χ3n) is 11.7. The van der Waals surface area contributed by atoms with E-state index in [1.54, 1.807) is 42.5 Å². The summed E-state index contributed by atoms with van der Waals surface area (Å²) in [5, 5.41) is 33.3. The first-order valence-corrected chi connectivity index (χ1v) is 23.7. The van der Waals surface area contributed by atoms with E-state index in [1.165, 1.54) is 4.31 Å². The van der Waals surface area contributed by atoms with Gasteiger partial charge in [0.25, 0.3) is 0 Å². The molecule has 5 N–H and O–H groups in total. The molecule has 20 heteroatoms. The zero-order valence-electron chi connectivity index (χ0n) is 34.5. The average molecular weight is 932 g/mol. The lowest BCUT2D eigenvalue weighted by Crippen LogP contribution is -2.42. The second kappa shape index (κ2) is 19.1. The average Bonchev–Trinajstić information content (AvgIpc) is 3.81. The smallest absolute Gasteiger partial charge is 0.349 e. The van der Waals surface area contributed by atoms with Crippen molar-refractivity contribution in [1.29, 1.82) is 0 Å². The predicted molar refractivity (Wildman–Crippen MR) is 240 cm³/mol. The van der Waals surface area contributed by atoms with Gasteiger partial charge in [-0.25, -0.2) is 22.3 Å². The highest BCUT2D eigenvalue weighted by molar-refractivity contribution is 7.88. The lowest BCUT2D eigenvalue weighted by molar-refractivity contribution is -0.139. The van der Waals surface area contributed by atoms with E-state index in [1.807, 2.05) is 35.0 Å². The first-order chi connectivity index (χ1) is 30.7. The number of anilines is 2. The summed E-state index contributed by atoms with van der Waals surface area (Å²) in [6, 6.07) is 21.9. The van der Waals surface area contributed by atoms with Gasteiger partial charge in [0.05, 0.1) is 40.3 Å². The number of nitrogens with one attached hydrogen (secondary N) is 3. The summed E-state index contributed by atoms with van der Waals surface area (Å²) in [7, 11) is -3.68. The van der Waals surface area contributed by atoms with E-state index in [4.69, 9.17) is 26.5 Å². The SMILES string of the molecule is O=C(O)COc1c(C(=O)O)sc(-c2cccc(NC3CCN(S(=O)(=O)Cc4cccc(NC(=O)CN5CCC(n6nc(C7CCC(=O)NC7=O)c7ccccc76)CC5)c4)CC3)c2)c1Cl. The van der Waals surface area contributed by atoms with Crippen LogP contribution >= 0.6 is 22.9 Å². The number of imide groups is 1. The number of amides is 3. The van der Waals surface area contributed by atoms with Crippen molar-refractivity contribution in [3.05, 3.63) is 94.0 Å². The van der Waals surface area contributed by atoms with Gasteiger partial charge in [-0.2, -0.15) is 5.10 Å². The third kappa shape index (κ3) is 10.1. The molecule has 0 radical (unpaired) electrons. The maximum atomic E-state index is 13.6. The number of halogens is 1. The number of nitrogens with zero attached hydrogens (tertiary/aromatic N) is 4. The van der Waals surface area contributed by atoms with Crippen LogP contribution in [0, 0.1) is 0 Å². The molecule has 3 aliphatic rings. The van der Waals surface area contributed by atoms with E-state index in [0.717, 1.165) is 40.8 Å². The van der Waals surface area contributed by atoms with Crippen molar-refractivity contribution >= 4 is 84.9 Å². The number of para-hydroxylation sites is 1.